The van der Waals surface area contributed by atoms with Gasteiger partial charge in [0, 0.05) is 28.8 Å². The minimum absolute atomic E-state index is 0.0672. The summed E-state index contributed by atoms with van der Waals surface area (Å²) in [5.74, 6) is 0. The lowest BCUT2D eigenvalue weighted by atomic mass is 10.1. The van der Waals surface area contributed by atoms with E-state index in [1.54, 1.807) is 0 Å². The second kappa shape index (κ2) is 5.69. The van der Waals surface area contributed by atoms with Gasteiger partial charge in [0.2, 0.25) is 0 Å². The van der Waals surface area contributed by atoms with Gasteiger partial charge in [-0.25, -0.2) is 0 Å². The summed E-state index contributed by atoms with van der Waals surface area (Å²) >= 11 is 3.59. The van der Waals surface area contributed by atoms with Crippen molar-refractivity contribution in [3.63, 3.8) is 0 Å². The summed E-state index contributed by atoms with van der Waals surface area (Å²) in [7, 11) is 0. The Kier molecular flexibility index (Phi) is 4.81. The van der Waals surface area contributed by atoms with E-state index in [-0.39, 0.29) is 6.04 Å². The van der Waals surface area contributed by atoms with Crippen LogP contribution < -0.4 is 10.6 Å². The third kappa shape index (κ3) is 2.98. The predicted molar refractivity (Wildman–Crippen MR) is 74.9 cm³/mol. The first-order valence-corrected chi connectivity index (χ1v) is 6.58. The van der Waals surface area contributed by atoms with E-state index in [9.17, 15) is 0 Å². The zero-order chi connectivity index (χ0) is 12.3. The maximum atomic E-state index is 5.89. The van der Waals surface area contributed by atoms with Crippen molar-refractivity contribution < 1.29 is 0 Å². The normalized spacial score (nSPS) is 12.9. The van der Waals surface area contributed by atoms with Crippen molar-refractivity contribution >= 4 is 21.6 Å². The van der Waals surface area contributed by atoms with Crippen LogP contribution in [0.15, 0.2) is 22.7 Å². The average molecular weight is 285 g/mol. The highest BCUT2D eigenvalue weighted by Crippen LogP contribution is 2.28. The van der Waals surface area contributed by atoms with Crippen molar-refractivity contribution in [2.45, 2.75) is 39.8 Å². The van der Waals surface area contributed by atoms with Crippen molar-refractivity contribution in [3.05, 3.63) is 28.2 Å². The molecule has 2 nitrogen and oxygen atoms in total. The first kappa shape index (κ1) is 13.5. The van der Waals surface area contributed by atoms with Gasteiger partial charge in [-0.3, -0.25) is 0 Å². The molecule has 90 valence electrons. The summed E-state index contributed by atoms with van der Waals surface area (Å²) in [5, 5.41) is 0. The number of nitrogens with zero attached hydrogens (tertiary/aromatic N) is 1. The minimum atomic E-state index is 0.0672. The SMILES string of the molecule is CCN(c1ccc([C@@H](C)N)c(Br)c1)C(C)C. The molecule has 0 aliphatic heterocycles. The van der Waals surface area contributed by atoms with Crippen LogP contribution in [0.2, 0.25) is 0 Å². The minimum Gasteiger partial charge on any atom is -0.369 e. The molecule has 0 spiro atoms. The van der Waals surface area contributed by atoms with Gasteiger partial charge in [0.05, 0.1) is 0 Å². The van der Waals surface area contributed by atoms with E-state index in [0.29, 0.717) is 6.04 Å². The predicted octanol–water partition coefficient (Wildman–Crippen LogP) is 3.70. The van der Waals surface area contributed by atoms with E-state index < -0.39 is 0 Å². The molecule has 0 fully saturated rings. The molecule has 1 rings (SSSR count). The highest BCUT2D eigenvalue weighted by atomic mass is 79.9. The molecule has 3 heteroatoms. The maximum Gasteiger partial charge on any atom is 0.0379 e. The number of halogens is 1. The molecule has 1 aromatic carbocycles. The Morgan fingerprint density at radius 3 is 2.31 bits per heavy atom. The number of hydrogen-bond donors (Lipinski definition) is 1. The fourth-order valence-corrected chi connectivity index (χ4v) is 2.64. The van der Waals surface area contributed by atoms with E-state index in [4.69, 9.17) is 5.73 Å². The summed E-state index contributed by atoms with van der Waals surface area (Å²) in [4.78, 5) is 2.36. The first-order chi connectivity index (χ1) is 7.47. The number of nitrogens with two attached hydrogens (primary N) is 1. The summed E-state index contributed by atoms with van der Waals surface area (Å²) in [6.07, 6.45) is 0. The van der Waals surface area contributed by atoms with E-state index >= 15 is 0 Å². The third-order valence-corrected chi connectivity index (χ3v) is 3.46. The Morgan fingerprint density at radius 1 is 1.31 bits per heavy atom. The zero-order valence-electron chi connectivity index (χ0n) is 10.5. The monoisotopic (exact) mass is 284 g/mol. The standard InChI is InChI=1S/C13H21BrN2/c1-5-16(9(2)3)11-6-7-12(10(4)15)13(14)8-11/h6-10H,5,15H2,1-4H3/t10-/m1/s1. The molecular weight excluding hydrogens is 264 g/mol. The largest absolute Gasteiger partial charge is 0.369 e. The molecular formula is C13H21BrN2. The van der Waals surface area contributed by atoms with Gasteiger partial charge in [0.1, 0.15) is 0 Å². The van der Waals surface area contributed by atoms with Crippen LogP contribution in [0.4, 0.5) is 5.69 Å². The molecule has 0 radical (unpaired) electrons. The van der Waals surface area contributed by atoms with Gasteiger partial charge >= 0.3 is 0 Å². The molecule has 0 saturated carbocycles. The van der Waals surface area contributed by atoms with E-state index in [1.165, 1.54) is 5.69 Å². The van der Waals surface area contributed by atoms with Gasteiger partial charge in [-0.2, -0.15) is 0 Å². The molecule has 0 aliphatic carbocycles. The van der Waals surface area contributed by atoms with Gasteiger partial charge < -0.3 is 10.6 Å². The van der Waals surface area contributed by atoms with Crippen molar-refractivity contribution in [3.8, 4) is 0 Å². The zero-order valence-corrected chi connectivity index (χ0v) is 12.1. The Balaban J connectivity index is 3.04. The molecule has 0 amide bonds. The van der Waals surface area contributed by atoms with Gasteiger partial charge in [-0.1, -0.05) is 22.0 Å². The Hall–Kier alpha value is -0.540. The van der Waals surface area contributed by atoms with Crippen LogP contribution in [0, 0.1) is 0 Å². The van der Waals surface area contributed by atoms with Crippen molar-refractivity contribution in [1.29, 1.82) is 0 Å². The lowest BCUT2D eigenvalue weighted by Gasteiger charge is -2.28. The molecule has 0 bridgehead atoms. The highest BCUT2D eigenvalue weighted by molar-refractivity contribution is 9.10. The lowest BCUT2D eigenvalue weighted by Crippen LogP contribution is -2.30. The van der Waals surface area contributed by atoms with Crippen LogP contribution >= 0.6 is 15.9 Å². The van der Waals surface area contributed by atoms with E-state index in [0.717, 1.165) is 16.6 Å². The van der Waals surface area contributed by atoms with Gasteiger partial charge in [-0.15, -0.1) is 0 Å². The molecule has 16 heavy (non-hydrogen) atoms. The molecule has 0 aliphatic rings. The molecule has 0 saturated heterocycles. The lowest BCUT2D eigenvalue weighted by molar-refractivity contribution is 0.703. The topological polar surface area (TPSA) is 29.3 Å². The molecule has 0 unspecified atom stereocenters. The number of rotatable bonds is 4. The fraction of sp³-hybridized carbons (Fsp3) is 0.538. The summed E-state index contributed by atoms with van der Waals surface area (Å²) in [6, 6.07) is 6.99. The van der Waals surface area contributed by atoms with E-state index in [1.807, 2.05) is 6.92 Å². The average Bonchev–Trinajstić information content (AvgIpc) is 2.17. The third-order valence-electron chi connectivity index (χ3n) is 2.77. The van der Waals surface area contributed by atoms with Crippen LogP contribution in [0.3, 0.4) is 0 Å². The number of anilines is 1. The Bertz CT molecular complexity index is 348. The first-order valence-electron chi connectivity index (χ1n) is 5.79. The summed E-state index contributed by atoms with van der Waals surface area (Å²) < 4.78 is 1.10. The fourth-order valence-electron chi connectivity index (χ4n) is 1.91. The smallest absolute Gasteiger partial charge is 0.0379 e. The van der Waals surface area contributed by atoms with Crippen molar-refractivity contribution in [2.75, 3.05) is 11.4 Å². The van der Waals surface area contributed by atoms with Crippen LogP contribution in [0.5, 0.6) is 0 Å². The highest BCUT2D eigenvalue weighted by Gasteiger charge is 2.11. The maximum absolute atomic E-state index is 5.89. The van der Waals surface area contributed by atoms with Crippen LogP contribution in [0.25, 0.3) is 0 Å². The van der Waals surface area contributed by atoms with Crippen molar-refractivity contribution in [1.82, 2.24) is 0 Å². The molecule has 1 aromatic rings. The Morgan fingerprint density at radius 2 is 1.94 bits per heavy atom. The molecule has 0 aromatic heterocycles. The van der Waals surface area contributed by atoms with Crippen LogP contribution in [0.1, 0.15) is 39.3 Å². The van der Waals surface area contributed by atoms with Crippen LogP contribution in [-0.4, -0.2) is 12.6 Å². The van der Waals surface area contributed by atoms with E-state index in [2.05, 4.69) is 59.8 Å². The quantitative estimate of drug-likeness (QED) is 0.914. The summed E-state index contributed by atoms with van der Waals surface area (Å²) in [6.45, 7) is 9.60. The molecule has 2 N–H and O–H groups in total. The van der Waals surface area contributed by atoms with Crippen molar-refractivity contribution in [2.24, 2.45) is 5.73 Å². The van der Waals surface area contributed by atoms with Gasteiger partial charge in [0.25, 0.3) is 0 Å². The number of hydrogen-bond acceptors (Lipinski definition) is 2. The summed E-state index contributed by atoms with van der Waals surface area (Å²) in [5.41, 5.74) is 8.29. The second-order valence-electron chi connectivity index (χ2n) is 4.37. The Labute approximate surface area is 107 Å². The number of benzene rings is 1. The van der Waals surface area contributed by atoms with Crippen LogP contribution in [-0.2, 0) is 0 Å². The van der Waals surface area contributed by atoms with Gasteiger partial charge in [-0.05, 0) is 45.4 Å². The molecule has 1 atom stereocenters. The van der Waals surface area contributed by atoms with Gasteiger partial charge in [0.15, 0.2) is 0 Å². The second-order valence-corrected chi connectivity index (χ2v) is 5.23. The molecule has 0 heterocycles.